The van der Waals surface area contributed by atoms with Gasteiger partial charge in [0.25, 0.3) is 0 Å². The van der Waals surface area contributed by atoms with E-state index in [0.717, 1.165) is 25.1 Å². The monoisotopic (exact) mass is 384 g/mol. The lowest BCUT2D eigenvalue weighted by Gasteiger charge is -2.35. The Hall–Kier alpha value is -1.83. The van der Waals surface area contributed by atoms with E-state index >= 15 is 0 Å². The molecule has 2 fully saturated rings. The van der Waals surface area contributed by atoms with Crippen molar-refractivity contribution < 1.29 is 18.0 Å². The summed E-state index contributed by atoms with van der Waals surface area (Å²) in [5.41, 5.74) is -0.736. The Kier molecular flexibility index (Phi) is 6.57. The van der Waals surface area contributed by atoms with Crippen molar-refractivity contribution in [2.75, 3.05) is 37.6 Å². The molecule has 1 saturated heterocycles. The first-order chi connectivity index (χ1) is 12.9. The maximum Gasteiger partial charge on any atom is 0.417 e. The van der Waals surface area contributed by atoms with Crippen LogP contribution in [0.4, 0.5) is 19.0 Å². The molecule has 0 aromatic carbocycles. The summed E-state index contributed by atoms with van der Waals surface area (Å²) >= 11 is 0. The highest BCUT2D eigenvalue weighted by molar-refractivity contribution is 5.78. The molecule has 1 aliphatic carbocycles. The third-order valence-corrected chi connectivity index (χ3v) is 5.36. The van der Waals surface area contributed by atoms with Gasteiger partial charge >= 0.3 is 6.18 Å². The van der Waals surface area contributed by atoms with Gasteiger partial charge in [-0.25, -0.2) is 4.98 Å². The maximum atomic E-state index is 12.6. The zero-order valence-corrected chi connectivity index (χ0v) is 15.5. The molecule has 3 rings (SSSR count). The summed E-state index contributed by atoms with van der Waals surface area (Å²) in [5, 5.41) is 3.16. The van der Waals surface area contributed by atoms with E-state index in [2.05, 4.69) is 15.2 Å². The number of carbonyl (C=O) groups excluding carboxylic acids is 1. The number of alkyl halides is 3. The molecule has 5 nitrogen and oxygen atoms in total. The van der Waals surface area contributed by atoms with Gasteiger partial charge in [-0.15, -0.1) is 0 Å². The van der Waals surface area contributed by atoms with Gasteiger partial charge in [0.05, 0.1) is 12.1 Å². The second-order valence-corrected chi connectivity index (χ2v) is 7.42. The molecule has 27 heavy (non-hydrogen) atoms. The van der Waals surface area contributed by atoms with Gasteiger partial charge in [0.2, 0.25) is 5.91 Å². The fourth-order valence-corrected chi connectivity index (χ4v) is 3.78. The van der Waals surface area contributed by atoms with Gasteiger partial charge in [0.1, 0.15) is 5.82 Å². The highest BCUT2D eigenvalue weighted by Gasteiger charge is 2.31. The molecule has 1 amide bonds. The number of piperazine rings is 1. The number of anilines is 1. The van der Waals surface area contributed by atoms with Crippen LogP contribution >= 0.6 is 0 Å². The summed E-state index contributed by atoms with van der Waals surface area (Å²) in [4.78, 5) is 20.3. The van der Waals surface area contributed by atoms with Crippen LogP contribution in [0, 0.1) is 0 Å². The lowest BCUT2D eigenvalue weighted by Crippen LogP contribution is -2.50. The van der Waals surface area contributed by atoms with Gasteiger partial charge in [0, 0.05) is 38.4 Å². The number of hydrogen-bond acceptors (Lipinski definition) is 4. The molecule has 0 atom stereocenters. The van der Waals surface area contributed by atoms with E-state index in [1.54, 1.807) is 0 Å². The number of nitrogens with zero attached hydrogens (tertiary/aromatic N) is 3. The lowest BCUT2D eigenvalue weighted by atomic mass is 10.1. The molecular weight excluding hydrogens is 357 g/mol. The van der Waals surface area contributed by atoms with E-state index in [1.165, 1.54) is 31.7 Å². The SMILES string of the molecule is O=C(CN1CCN(c2ccc(C(F)(F)F)cn2)CC1)NC1CCCCCC1. The Morgan fingerprint density at radius 2 is 1.74 bits per heavy atom. The van der Waals surface area contributed by atoms with Gasteiger partial charge in [0.15, 0.2) is 0 Å². The molecule has 0 radical (unpaired) electrons. The number of nitrogens with one attached hydrogen (secondary N) is 1. The Morgan fingerprint density at radius 3 is 2.30 bits per heavy atom. The van der Waals surface area contributed by atoms with Crippen molar-refractivity contribution in [1.29, 1.82) is 0 Å². The molecule has 0 spiro atoms. The Balaban J connectivity index is 1.43. The molecule has 150 valence electrons. The fraction of sp³-hybridized carbons (Fsp3) is 0.684. The van der Waals surface area contributed by atoms with Gasteiger partial charge in [-0.05, 0) is 25.0 Å². The minimum absolute atomic E-state index is 0.0722. The molecule has 2 heterocycles. The molecule has 1 saturated carbocycles. The average Bonchev–Trinajstić information content (AvgIpc) is 2.90. The second-order valence-electron chi connectivity index (χ2n) is 7.42. The van der Waals surface area contributed by atoms with Crippen molar-refractivity contribution in [1.82, 2.24) is 15.2 Å². The van der Waals surface area contributed by atoms with Gasteiger partial charge in [-0.3, -0.25) is 9.69 Å². The summed E-state index contributed by atoms with van der Waals surface area (Å²) < 4.78 is 37.9. The third-order valence-electron chi connectivity index (χ3n) is 5.36. The highest BCUT2D eigenvalue weighted by atomic mass is 19.4. The molecule has 1 aromatic rings. The Labute approximate surface area is 157 Å². The normalized spacial score (nSPS) is 20.3. The topological polar surface area (TPSA) is 48.5 Å². The average molecular weight is 384 g/mol. The fourth-order valence-electron chi connectivity index (χ4n) is 3.78. The molecule has 1 aromatic heterocycles. The van der Waals surface area contributed by atoms with E-state index in [1.807, 2.05) is 4.90 Å². The number of halogens is 3. The van der Waals surface area contributed by atoms with E-state index in [0.29, 0.717) is 44.6 Å². The van der Waals surface area contributed by atoms with Crippen LogP contribution in [0.5, 0.6) is 0 Å². The van der Waals surface area contributed by atoms with Crippen LogP contribution in [0.3, 0.4) is 0 Å². The van der Waals surface area contributed by atoms with Crippen molar-refractivity contribution in [3.05, 3.63) is 23.9 Å². The quantitative estimate of drug-likeness (QED) is 0.811. The van der Waals surface area contributed by atoms with Crippen LogP contribution in [0.25, 0.3) is 0 Å². The maximum absolute atomic E-state index is 12.6. The van der Waals surface area contributed by atoms with Crippen molar-refractivity contribution >= 4 is 11.7 Å². The summed E-state index contributed by atoms with van der Waals surface area (Å²) in [6, 6.07) is 2.78. The van der Waals surface area contributed by atoms with Crippen LogP contribution in [-0.4, -0.2) is 54.6 Å². The van der Waals surface area contributed by atoms with E-state index in [-0.39, 0.29) is 5.91 Å². The first kappa shape index (κ1) is 19.9. The zero-order valence-electron chi connectivity index (χ0n) is 15.5. The number of carbonyl (C=O) groups is 1. The highest BCUT2D eigenvalue weighted by Crippen LogP contribution is 2.29. The van der Waals surface area contributed by atoms with Crippen molar-refractivity contribution in [3.63, 3.8) is 0 Å². The largest absolute Gasteiger partial charge is 0.417 e. The molecular formula is C19H27F3N4O. The van der Waals surface area contributed by atoms with Gasteiger partial charge < -0.3 is 10.2 Å². The van der Waals surface area contributed by atoms with Crippen LogP contribution in [0.1, 0.15) is 44.1 Å². The smallest absolute Gasteiger partial charge is 0.354 e. The number of rotatable bonds is 4. The first-order valence-corrected chi connectivity index (χ1v) is 9.72. The summed E-state index contributed by atoms with van der Waals surface area (Å²) in [6.07, 6.45) is 3.53. The zero-order chi connectivity index (χ0) is 19.3. The van der Waals surface area contributed by atoms with Crippen LogP contribution in [0.15, 0.2) is 18.3 Å². The van der Waals surface area contributed by atoms with Crippen molar-refractivity contribution in [2.24, 2.45) is 0 Å². The predicted molar refractivity (Wildman–Crippen MR) is 97.5 cm³/mol. The summed E-state index contributed by atoms with van der Waals surface area (Å²) in [5.74, 6) is 0.619. The second kappa shape index (κ2) is 8.91. The number of aromatic nitrogens is 1. The number of amides is 1. The third kappa shape index (κ3) is 5.82. The predicted octanol–water partition coefficient (Wildman–Crippen LogP) is 3.06. The molecule has 0 unspecified atom stereocenters. The molecule has 0 bridgehead atoms. The summed E-state index contributed by atoms with van der Waals surface area (Å²) in [7, 11) is 0. The van der Waals surface area contributed by atoms with Crippen LogP contribution in [0.2, 0.25) is 0 Å². The standard InChI is InChI=1S/C19H27F3N4O/c20-19(21,22)15-7-8-17(23-13-15)26-11-9-25(10-12-26)14-18(27)24-16-5-3-1-2-4-6-16/h7-8,13,16H,1-6,9-12,14H2,(H,24,27). The Morgan fingerprint density at radius 1 is 1.07 bits per heavy atom. The minimum Gasteiger partial charge on any atom is -0.354 e. The molecule has 8 heteroatoms. The van der Waals surface area contributed by atoms with E-state index < -0.39 is 11.7 Å². The van der Waals surface area contributed by atoms with E-state index in [4.69, 9.17) is 0 Å². The molecule has 2 aliphatic rings. The molecule has 1 aliphatic heterocycles. The van der Waals surface area contributed by atoms with Crippen molar-refractivity contribution in [2.45, 2.75) is 50.7 Å². The Bertz CT molecular complexity index is 604. The van der Waals surface area contributed by atoms with Gasteiger partial charge in [-0.2, -0.15) is 13.2 Å². The molecule has 1 N–H and O–H groups in total. The van der Waals surface area contributed by atoms with Gasteiger partial charge in [-0.1, -0.05) is 25.7 Å². The van der Waals surface area contributed by atoms with Crippen molar-refractivity contribution in [3.8, 4) is 0 Å². The number of pyridine rings is 1. The minimum atomic E-state index is -4.37. The van der Waals surface area contributed by atoms with E-state index in [9.17, 15) is 18.0 Å². The van der Waals surface area contributed by atoms with Crippen LogP contribution in [-0.2, 0) is 11.0 Å². The lowest BCUT2D eigenvalue weighted by molar-refractivity contribution is -0.137. The first-order valence-electron chi connectivity index (χ1n) is 9.72. The number of hydrogen-bond donors (Lipinski definition) is 1. The summed E-state index contributed by atoms with van der Waals surface area (Å²) in [6.45, 7) is 3.07. The van der Waals surface area contributed by atoms with Crippen LogP contribution < -0.4 is 10.2 Å².